The van der Waals surface area contributed by atoms with Crippen LogP contribution in [-0.2, 0) is 11.3 Å². The summed E-state index contributed by atoms with van der Waals surface area (Å²) >= 11 is 0. The number of ether oxygens (including phenoxy) is 2. The Morgan fingerprint density at radius 3 is 2.54 bits per heavy atom. The SMILES string of the molecule is CCOC(=O)c1nnn(Cc2ccc(OC)cc2)c1Nc1ccc(F)c(F)c1. The van der Waals surface area contributed by atoms with Crippen molar-refractivity contribution in [2.24, 2.45) is 0 Å². The molecule has 9 heteroatoms. The summed E-state index contributed by atoms with van der Waals surface area (Å²) in [5.74, 6) is -1.75. The van der Waals surface area contributed by atoms with E-state index in [0.29, 0.717) is 5.75 Å². The molecule has 3 aromatic rings. The second kappa shape index (κ2) is 8.47. The molecule has 1 N–H and O–H groups in total. The molecular weight excluding hydrogens is 370 g/mol. The van der Waals surface area contributed by atoms with Gasteiger partial charge in [0.1, 0.15) is 5.75 Å². The van der Waals surface area contributed by atoms with Crippen LogP contribution in [0.3, 0.4) is 0 Å². The molecule has 0 atom stereocenters. The lowest BCUT2D eigenvalue weighted by Crippen LogP contribution is -2.11. The summed E-state index contributed by atoms with van der Waals surface area (Å²) in [7, 11) is 1.57. The largest absolute Gasteiger partial charge is 0.497 e. The fourth-order valence-electron chi connectivity index (χ4n) is 2.50. The molecule has 0 aliphatic heterocycles. The van der Waals surface area contributed by atoms with Crippen molar-refractivity contribution in [2.45, 2.75) is 13.5 Å². The van der Waals surface area contributed by atoms with Crippen molar-refractivity contribution >= 4 is 17.5 Å². The highest BCUT2D eigenvalue weighted by molar-refractivity contribution is 5.93. The highest BCUT2D eigenvalue weighted by Gasteiger charge is 2.22. The third kappa shape index (κ3) is 4.25. The number of benzene rings is 2. The zero-order valence-electron chi connectivity index (χ0n) is 15.3. The Labute approximate surface area is 159 Å². The second-order valence-corrected chi connectivity index (χ2v) is 5.77. The van der Waals surface area contributed by atoms with E-state index in [1.807, 2.05) is 12.1 Å². The van der Waals surface area contributed by atoms with Gasteiger partial charge >= 0.3 is 5.97 Å². The molecule has 0 aliphatic carbocycles. The van der Waals surface area contributed by atoms with Gasteiger partial charge in [0.25, 0.3) is 0 Å². The predicted octanol–water partition coefficient (Wildman–Crippen LogP) is 3.53. The van der Waals surface area contributed by atoms with Gasteiger partial charge in [-0.15, -0.1) is 5.10 Å². The Hall–Kier alpha value is -3.49. The van der Waals surface area contributed by atoms with Crippen LogP contribution in [0.1, 0.15) is 23.0 Å². The zero-order chi connectivity index (χ0) is 20.1. The second-order valence-electron chi connectivity index (χ2n) is 5.77. The minimum atomic E-state index is -1.02. The average molecular weight is 388 g/mol. The average Bonchev–Trinajstić information content (AvgIpc) is 3.08. The molecule has 2 aromatic carbocycles. The van der Waals surface area contributed by atoms with E-state index < -0.39 is 17.6 Å². The Bertz CT molecular complexity index is 974. The van der Waals surface area contributed by atoms with E-state index in [0.717, 1.165) is 17.7 Å². The van der Waals surface area contributed by atoms with Crippen LogP contribution in [0.2, 0.25) is 0 Å². The minimum absolute atomic E-state index is 0.0555. The minimum Gasteiger partial charge on any atom is -0.497 e. The normalized spacial score (nSPS) is 10.6. The number of anilines is 2. The summed E-state index contributed by atoms with van der Waals surface area (Å²) in [5.41, 5.74) is 1.05. The van der Waals surface area contributed by atoms with Gasteiger partial charge in [0, 0.05) is 11.8 Å². The zero-order valence-corrected chi connectivity index (χ0v) is 15.3. The number of nitrogens with zero attached hydrogens (tertiary/aromatic N) is 3. The Morgan fingerprint density at radius 2 is 1.89 bits per heavy atom. The molecule has 0 unspecified atom stereocenters. The van der Waals surface area contributed by atoms with Crippen LogP contribution in [0.15, 0.2) is 42.5 Å². The van der Waals surface area contributed by atoms with Gasteiger partial charge in [0.05, 0.1) is 20.3 Å². The Kier molecular flexibility index (Phi) is 5.83. The molecule has 0 aliphatic rings. The molecule has 0 bridgehead atoms. The molecule has 0 saturated carbocycles. The van der Waals surface area contributed by atoms with Crippen molar-refractivity contribution < 1.29 is 23.0 Å². The van der Waals surface area contributed by atoms with Gasteiger partial charge in [-0.2, -0.15) is 0 Å². The summed E-state index contributed by atoms with van der Waals surface area (Å²) in [6, 6.07) is 10.6. The Morgan fingerprint density at radius 1 is 1.14 bits per heavy atom. The number of carbonyl (C=O) groups is 1. The first-order chi connectivity index (χ1) is 13.5. The topological polar surface area (TPSA) is 78.3 Å². The number of hydrogen-bond acceptors (Lipinski definition) is 6. The van der Waals surface area contributed by atoms with Crippen molar-refractivity contribution in [1.29, 1.82) is 0 Å². The summed E-state index contributed by atoms with van der Waals surface area (Å²) in [6.07, 6.45) is 0. The highest BCUT2D eigenvalue weighted by Crippen LogP contribution is 2.23. The number of nitrogens with one attached hydrogen (secondary N) is 1. The molecule has 0 amide bonds. The van der Waals surface area contributed by atoms with Gasteiger partial charge in [-0.1, -0.05) is 17.3 Å². The number of aromatic nitrogens is 3. The lowest BCUT2D eigenvalue weighted by atomic mass is 10.2. The van der Waals surface area contributed by atoms with Crippen molar-refractivity contribution in [1.82, 2.24) is 15.0 Å². The molecule has 28 heavy (non-hydrogen) atoms. The molecule has 7 nitrogen and oxygen atoms in total. The third-order valence-corrected chi connectivity index (χ3v) is 3.88. The maximum absolute atomic E-state index is 13.6. The fourth-order valence-corrected chi connectivity index (χ4v) is 2.50. The van der Waals surface area contributed by atoms with E-state index in [9.17, 15) is 13.6 Å². The lowest BCUT2D eigenvalue weighted by molar-refractivity contribution is 0.0520. The highest BCUT2D eigenvalue weighted by atomic mass is 19.2. The molecule has 146 valence electrons. The van der Waals surface area contributed by atoms with Gasteiger partial charge < -0.3 is 14.8 Å². The predicted molar refractivity (Wildman–Crippen MR) is 97.7 cm³/mol. The van der Waals surface area contributed by atoms with Crippen LogP contribution in [0, 0.1) is 11.6 Å². The van der Waals surface area contributed by atoms with Crippen LogP contribution < -0.4 is 10.1 Å². The van der Waals surface area contributed by atoms with Crippen LogP contribution >= 0.6 is 0 Å². The van der Waals surface area contributed by atoms with E-state index in [1.54, 1.807) is 26.2 Å². The van der Waals surface area contributed by atoms with Crippen molar-refractivity contribution in [3.05, 3.63) is 65.4 Å². The molecule has 0 radical (unpaired) electrons. The number of hydrogen-bond donors (Lipinski definition) is 1. The standard InChI is InChI=1S/C19H18F2N4O3/c1-3-28-19(26)17-18(22-13-6-9-15(20)16(21)10-13)25(24-23-17)11-12-4-7-14(27-2)8-5-12/h4-10,22H,3,11H2,1-2H3. The summed E-state index contributed by atoms with van der Waals surface area (Å²) < 4.78 is 38.3. The van der Waals surface area contributed by atoms with E-state index in [2.05, 4.69) is 15.6 Å². The molecule has 0 fully saturated rings. The van der Waals surface area contributed by atoms with Gasteiger partial charge in [-0.25, -0.2) is 18.3 Å². The van der Waals surface area contributed by atoms with Gasteiger partial charge in [-0.3, -0.25) is 0 Å². The lowest BCUT2D eigenvalue weighted by Gasteiger charge is -2.11. The monoisotopic (exact) mass is 388 g/mol. The maximum atomic E-state index is 13.6. The molecular formula is C19H18F2N4O3. The third-order valence-electron chi connectivity index (χ3n) is 3.88. The van der Waals surface area contributed by atoms with E-state index in [-0.39, 0.29) is 30.4 Å². The summed E-state index contributed by atoms with van der Waals surface area (Å²) in [4.78, 5) is 12.2. The molecule has 1 heterocycles. The van der Waals surface area contributed by atoms with Gasteiger partial charge in [0.15, 0.2) is 17.5 Å². The number of methoxy groups -OCH3 is 1. The van der Waals surface area contributed by atoms with Gasteiger partial charge in [-0.05, 0) is 36.8 Å². The maximum Gasteiger partial charge on any atom is 0.362 e. The quantitative estimate of drug-likeness (QED) is 0.624. The summed E-state index contributed by atoms with van der Waals surface area (Å²) in [6.45, 7) is 2.11. The molecule has 0 spiro atoms. The molecule has 3 rings (SSSR count). The van der Waals surface area contributed by atoms with Crippen LogP contribution in [0.5, 0.6) is 5.75 Å². The first kappa shape index (κ1) is 19.3. The van der Waals surface area contributed by atoms with E-state index in [1.165, 1.54) is 10.7 Å². The molecule has 1 aromatic heterocycles. The van der Waals surface area contributed by atoms with Crippen molar-refractivity contribution in [2.75, 3.05) is 19.0 Å². The van der Waals surface area contributed by atoms with Gasteiger partial charge in [0.2, 0.25) is 5.69 Å². The van der Waals surface area contributed by atoms with Crippen LogP contribution in [0.4, 0.5) is 20.3 Å². The smallest absolute Gasteiger partial charge is 0.362 e. The number of halogens is 2. The van der Waals surface area contributed by atoms with Crippen molar-refractivity contribution in [3.8, 4) is 5.75 Å². The first-order valence-electron chi connectivity index (χ1n) is 8.47. The number of rotatable bonds is 7. The number of esters is 1. The van der Waals surface area contributed by atoms with E-state index in [4.69, 9.17) is 9.47 Å². The molecule has 0 saturated heterocycles. The van der Waals surface area contributed by atoms with Crippen LogP contribution in [-0.4, -0.2) is 34.7 Å². The Balaban J connectivity index is 1.94. The number of carbonyl (C=O) groups excluding carboxylic acids is 1. The summed E-state index contributed by atoms with van der Waals surface area (Å²) in [5, 5.41) is 10.8. The first-order valence-corrected chi connectivity index (χ1v) is 8.47. The van der Waals surface area contributed by atoms with Crippen LogP contribution in [0.25, 0.3) is 0 Å². The fraction of sp³-hybridized carbons (Fsp3) is 0.211. The van der Waals surface area contributed by atoms with Crippen molar-refractivity contribution in [3.63, 3.8) is 0 Å². The van der Waals surface area contributed by atoms with E-state index >= 15 is 0 Å².